The van der Waals surface area contributed by atoms with Crippen LogP contribution in [0.15, 0.2) is 40.1 Å². The lowest BCUT2D eigenvalue weighted by Crippen LogP contribution is -2.39. The minimum absolute atomic E-state index is 0.126. The summed E-state index contributed by atoms with van der Waals surface area (Å²) in [5.41, 5.74) is 0.761. The van der Waals surface area contributed by atoms with E-state index in [2.05, 4.69) is 10.3 Å². The average Bonchev–Trinajstić information content (AvgIpc) is 2.89. The van der Waals surface area contributed by atoms with Gasteiger partial charge in [-0.1, -0.05) is 0 Å². The molecule has 0 bridgehead atoms. The number of ether oxygens (including phenoxy) is 1. The predicted molar refractivity (Wildman–Crippen MR) is 86.0 cm³/mol. The molecule has 0 spiro atoms. The smallest absolute Gasteiger partial charge is 0.328 e. The molecule has 0 fully saturated rings. The van der Waals surface area contributed by atoms with Crippen molar-refractivity contribution in [3.05, 3.63) is 42.1 Å². The Balaban J connectivity index is 2.02. The maximum absolute atomic E-state index is 12.2. The number of pyridine rings is 1. The number of nitrogens with zero attached hydrogens (tertiary/aromatic N) is 1. The predicted octanol–water partition coefficient (Wildman–Crippen LogP) is 1.96. The lowest BCUT2D eigenvalue weighted by atomic mass is 10.3. The van der Waals surface area contributed by atoms with Crippen LogP contribution in [0, 0.1) is 6.92 Å². The van der Waals surface area contributed by atoms with E-state index in [0.717, 1.165) is 11.8 Å². The van der Waals surface area contributed by atoms with Crippen LogP contribution in [0.2, 0.25) is 0 Å². The number of hydrogen-bond acceptors (Lipinski definition) is 6. The van der Waals surface area contributed by atoms with Gasteiger partial charge in [0, 0.05) is 24.4 Å². The third-order valence-corrected chi connectivity index (χ3v) is 4.30. The lowest BCUT2D eigenvalue weighted by Gasteiger charge is -2.11. The first-order chi connectivity index (χ1) is 11.3. The molecule has 24 heavy (non-hydrogen) atoms. The molecule has 0 atom stereocenters. The van der Waals surface area contributed by atoms with Crippen LogP contribution in [0.4, 0.5) is 4.79 Å². The lowest BCUT2D eigenvalue weighted by molar-refractivity contribution is 0.240. The van der Waals surface area contributed by atoms with E-state index in [4.69, 9.17) is 9.15 Å². The van der Waals surface area contributed by atoms with Crippen molar-refractivity contribution in [3.63, 3.8) is 0 Å². The van der Waals surface area contributed by atoms with E-state index < -0.39 is 16.1 Å². The van der Waals surface area contributed by atoms with Gasteiger partial charge in [-0.2, -0.15) is 0 Å². The first-order valence-corrected chi connectivity index (χ1v) is 8.71. The molecule has 0 aliphatic heterocycles. The fourth-order valence-corrected chi connectivity index (χ4v) is 2.77. The number of carbonyl (C=O) groups is 1. The molecule has 8 nitrogen and oxygen atoms in total. The Hall–Kier alpha value is -2.55. The van der Waals surface area contributed by atoms with Crippen LogP contribution < -0.4 is 14.8 Å². The van der Waals surface area contributed by atoms with Gasteiger partial charge < -0.3 is 14.5 Å². The fraction of sp³-hybridized carbons (Fsp3) is 0.333. The fourth-order valence-electron chi connectivity index (χ4n) is 1.87. The molecule has 2 aromatic rings. The van der Waals surface area contributed by atoms with E-state index in [-0.39, 0.29) is 17.5 Å². The summed E-state index contributed by atoms with van der Waals surface area (Å²) in [4.78, 5) is 15.5. The van der Waals surface area contributed by atoms with E-state index in [1.165, 1.54) is 18.5 Å². The number of aromatic nitrogens is 1. The highest BCUT2D eigenvalue weighted by Gasteiger charge is 2.19. The van der Waals surface area contributed by atoms with Crippen molar-refractivity contribution < 1.29 is 22.4 Å². The molecule has 0 saturated carbocycles. The summed E-state index contributed by atoms with van der Waals surface area (Å²) in [6.07, 6.45) is 3.91. The second kappa shape index (κ2) is 7.35. The molecule has 0 saturated heterocycles. The molecule has 2 amide bonds. The second-order valence-electron chi connectivity index (χ2n) is 5.31. The summed E-state index contributed by atoms with van der Waals surface area (Å²) < 4.78 is 36.9. The molecule has 2 heterocycles. The van der Waals surface area contributed by atoms with Crippen molar-refractivity contribution in [1.29, 1.82) is 0 Å². The van der Waals surface area contributed by atoms with Crippen LogP contribution in [0.1, 0.15) is 25.2 Å². The zero-order valence-electron chi connectivity index (χ0n) is 13.6. The molecule has 0 unspecified atom stereocenters. The summed E-state index contributed by atoms with van der Waals surface area (Å²) in [7, 11) is -4.05. The highest BCUT2D eigenvalue weighted by Crippen LogP contribution is 2.16. The van der Waals surface area contributed by atoms with Crippen molar-refractivity contribution >= 4 is 16.1 Å². The van der Waals surface area contributed by atoms with Crippen molar-refractivity contribution in [2.75, 3.05) is 0 Å². The molecule has 2 N–H and O–H groups in total. The molecular formula is C15H19N3O5S. The molecule has 0 aliphatic rings. The van der Waals surface area contributed by atoms with Crippen LogP contribution in [-0.2, 0) is 16.6 Å². The second-order valence-corrected chi connectivity index (χ2v) is 7.00. The zero-order chi connectivity index (χ0) is 17.7. The first kappa shape index (κ1) is 17.8. The number of urea groups is 1. The van der Waals surface area contributed by atoms with Gasteiger partial charge in [0.15, 0.2) is 0 Å². The highest BCUT2D eigenvalue weighted by molar-refractivity contribution is 7.90. The quantitative estimate of drug-likeness (QED) is 0.821. The average molecular weight is 353 g/mol. The Labute approximate surface area is 140 Å². The van der Waals surface area contributed by atoms with Gasteiger partial charge in [0.25, 0.3) is 10.0 Å². The zero-order valence-corrected chi connectivity index (χ0v) is 14.4. The van der Waals surface area contributed by atoms with Crippen LogP contribution in [0.3, 0.4) is 0 Å². The first-order valence-electron chi connectivity index (χ1n) is 7.23. The van der Waals surface area contributed by atoms with Gasteiger partial charge in [-0.05, 0) is 26.8 Å². The van der Waals surface area contributed by atoms with Gasteiger partial charge in [-0.15, -0.1) is 0 Å². The Bertz CT molecular complexity index is 814. The summed E-state index contributed by atoms with van der Waals surface area (Å²) in [6.45, 7) is 5.52. The molecule has 0 radical (unpaired) electrons. The minimum Gasteiger partial charge on any atom is -0.489 e. The number of nitrogens with one attached hydrogen (secondary N) is 2. The van der Waals surface area contributed by atoms with Gasteiger partial charge in [0.2, 0.25) is 0 Å². The van der Waals surface area contributed by atoms with E-state index in [0.29, 0.717) is 11.5 Å². The number of rotatable bonds is 6. The van der Waals surface area contributed by atoms with E-state index >= 15 is 0 Å². The van der Waals surface area contributed by atoms with Crippen LogP contribution in [-0.4, -0.2) is 25.5 Å². The van der Waals surface area contributed by atoms with Gasteiger partial charge in [-0.25, -0.2) is 17.9 Å². The molecule has 0 aromatic carbocycles. The minimum atomic E-state index is -4.05. The normalized spacial score (nSPS) is 11.3. The molecule has 130 valence electrons. The maximum Gasteiger partial charge on any atom is 0.328 e. The number of sulfonamides is 1. The summed E-state index contributed by atoms with van der Waals surface area (Å²) in [5, 5.41) is 2.46. The van der Waals surface area contributed by atoms with E-state index in [1.807, 2.05) is 18.6 Å². The summed E-state index contributed by atoms with van der Waals surface area (Å²) in [6, 6.07) is 2.16. The SMILES string of the molecule is Cc1occc1CNC(=O)NS(=O)(=O)c1cncc(OC(C)C)c1. The molecule has 9 heteroatoms. The van der Waals surface area contributed by atoms with E-state index in [9.17, 15) is 13.2 Å². The Kier molecular flexibility index (Phi) is 5.45. The number of furan rings is 1. The number of aryl methyl sites for hydroxylation is 1. The molecule has 2 aromatic heterocycles. The van der Waals surface area contributed by atoms with Crippen molar-refractivity contribution in [2.45, 2.75) is 38.3 Å². The van der Waals surface area contributed by atoms with Gasteiger partial charge in [0.05, 0.1) is 18.6 Å². The van der Waals surface area contributed by atoms with E-state index in [1.54, 1.807) is 13.0 Å². The topological polar surface area (TPSA) is 111 Å². The summed E-state index contributed by atoms with van der Waals surface area (Å²) in [5.74, 6) is 0.961. The number of amides is 2. The van der Waals surface area contributed by atoms with Gasteiger partial charge in [0.1, 0.15) is 16.4 Å². The largest absolute Gasteiger partial charge is 0.489 e. The van der Waals surface area contributed by atoms with Crippen LogP contribution >= 0.6 is 0 Å². The van der Waals surface area contributed by atoms with Crippen LogP contribution in [0.25, 0.3) is 0 Å². The monoisotopic (exact) mass is 353 g/mol. The third kappa shape index (κ3) is 4.72. The Morgan fingerprint density at radius 1 is 1.38 bits per heavy atom. The molecular weight excluding hydrogens is 334 g/mol. The van der Waals surface area contributed by atoms with Gasteiger partial charge >= 0.3 is 6.03 Å². The highest BCUT2D eigenvalue weighted by atomic mass is 32.2. The molecule has 0 aliphatic carbocycles. The number of carbonyl (C=O) groups excluding carboxylic acids is 1. The standard InChI is InChI=1S/C15H19N3O5S/c1-10(2)23-13-6-14(9-16-8-13)24(20,21)18-15(19)17-7-12-4-5-22-11(12)3/h4-6,8-10H,7H2,1-3H3,(H2,17,18,19). The Morgan fingerprint density at radius 3 is 2.75 bits per heavy atom. The van der Waals surface area contributed by atoms with Crippen molar-refractivity contribution in [2.24, 2.45) is 0 Å². The molecule has 2 rings (SSSR count). The van der Waals surface area contributed by atoms with Crippen molar-refractivity contribution in [3.8, 4) is 5.75 Å². The summed E-state index contributed by atoms with van der Waals surface area (Å²) >= 11 is 0. The van der Waals surface area contributed by atoms with Crippen LogP contribution in [0.5, 0.6) is 5.75 Å². The third-order valence-electron chi connectivity index (χ3n) is 3.00. The van der Waals surface area contributed by atoms with Gasteiger partial charge in [-0.3, -0.25) is 4.98 Å². The number of hydrogen-bond donors (Lipinski definition) is 2. The maximum atomic E-state index is 12.2. The Morgan fingerprint density at radius 2 is 2.12 bits per heavy atom. The van der Waals surface area contributed by atoms with Crippen molar-refractivity contribution in [1.82, 2.24) is 15.0 Å².